The van der Waals surface area contributed by atoms with E-state index in [1.54, 1.807) is 12.1 Å². The zero-order chi connectivity index (χ0) is 15.0. The lowest BCUT2D eigenvalue weighted by Gasteiger charge is -2.18. The third kappa shape index (κ3) is 2.97. The molecule has 20 heavy (non-hydrogen) atoms. The molecule has 2 rings (SSSR count). The lowest BCUT2D eigenvalue weighted by atomic mass is 10.1. The molecule has 8 heteroatoms. The minimum absolute atomic E-state index is 0.00229. The average molecular weight is 308 g/mol. The fraction of sp³-hybridized carbons (Fsp3) is 0.500. The standard InChI is InChI=1S/C12H15F3N2O2S/c13-12(14,15)10-5-6-17(8-10)20(18,19)11-3-1-9(7-16)2-4-11/h1-4,10H,5-8,16H2. The Morgan fingerprint density at radius 3 is 2.30 bits per heavy atom. The van der Waals surface area contributed by atoms with E-state index in [1.807, 2.05) is 0 Å². The second kappa shape index (κ2) is 5.34. The van der Waals surface area contributed by atoms with E-state index in [0.29, 0.717) is 0 Å². The fourth-order valence-corrected chi connectivity index (χ4v) is 3.66. The lowest BCUT2D eigenvalue weighted by Crippen LogP contribution is -2.32. The number of alkyl halides is 3. The summed E-state index contributed by atoms with van der Waals surface area (Å²) >= 11 is 0. The number of halogens is 3. The van der Waals surface area contributed by atoms with Crippen LogP contribution in [0.5, 0.6) is 0 Å². The molecular weight excluding hydrogens is 293 g/mol. The summed E-state index contributed by atoms with van der Waals surface area (Å²) in [6.07, 6.45) is -4.54. The molecule has 0 saturated carbocycles. The lowest BCUT2D eigenvalue weighted by molar-refractivity contribution is -0.169. The Morgan fingerprint density at radius 2 is 1.85 bits per heavy atom. The average Bonchev–Trinajstić information content (AvgIpc) is 2.89. The van der Waals surface area contributed by atoms with E-state index in [9.17, 15) is 21.6 Å². The molecule has 0 aromatic heterocycles. The molecule has 0 radical (unpaired) electrons. The van der Waals surface area contributed by atoms with E-state index in [2.05, 4.69) is 0 Å². The van der Waals surface area contributed by atoms with Crippen molar-refractivity contribution in [3.8, 4) is 0 Å². The summed E-state index contributed by atoms with van der Waals surface area (Å²) in [6, 6.07) is 5.87. The third-order valence-corrected chi connectivity index (χ3v) is 5.29. The van der Waals surface area contributed by atoms with E-state index in [-0.39, 0.29) is 24.4 Å². The second-order valence-electron chi connectivity index (χ2n) is 4.74. The first kappa shape index (κ1) is 15.3. The largest absolute Gasteiger partial charge is 0.393 e. The third-order valence-electron chi connectivity index (χ3n) is 3.41. The Balaban J connectivity index is 2.19. The minimum atomic E-state index is -4.35. The number of hydrogen-bond donors (Lipinski definition) is 1. The summed E-state index contributed by atoms with van der Waals surface area (Å²) in [7, 11) is -3.86. The van der Waals surface area contributed by atoms with Gasteiger partial charge in [0, 0.05) is 19.6 Å². The normalized spacial score (nSPS) is 21.3. The maximum absolute atomic E-state index is 12.6. The highest BCUT2D eigenvalue weighted by molar-refractivity contribution is 7.89. The van der Waals surface area contributed by atoms with Gasteiger partial charge in [-0.15, -0.1) is 0 Å². The van der Waals surface area contributed by atoms with E-state index >= 15 is 0 Å². The van der Waals surface area contributed by atoms with Crippen LogP contribution >= 0.6 is 0 Å². The van der Waals surface area contributed by atoms with Crippen LogP contribution in [0.1, 0.15) is 12.0 Å². The van der Waals surface area contributed by atoms with Gasteiger partial charge in [-0.05, 0) is 24.1 Å². The molecular formula is C12H15F3N2O2S. The molecule has 0 spiro atoms. The Hall–Kier alpha value is -1.12. The molecule has 1 fully saturated rings. The van der Waals surface area contributed by atoms with E-state index in [4.69, 9.17) is 5.73 Å². The van der Waals surface area contributed by atoms with Gasteiger partial charge in [-0.1, -0.05) is 12.1 Å². The predicted molar refractivity (Wildman–Crippen MR) is 67.3 cm³/mol. The van der Waals surface area contributed by atoms with Crippen LogP contribution in [0.15, 0.2) is 29.2 Å². The molecule has 1 heterocycles. The molecule has 0 aliphatic carbocycles. The van der Waals surface area contributed by atoms with Crippen molar-refractivity contribution in [1.29, 1.82) is 0 Å². The summed E-state index contributed by atoms with van der Waals surface area (Å²) < 4.78 is 63.1. The molecule has 4 nitrogen and oxygen atoms in total. The van der Waals surface area contributed by atoms with Gasteiger partial charge >= 0.3 is 6.18 Å². The quantitative estimate of drug-likeness (QED) is 0.925. The van der Waals surface area contributed by atoms with E-state index < -0.39 is 28.7 Å². The fourth-order valence-electron chi connectivity index (χ4n) is 2.16. The minimum Gasteiger partial charge on any atom is -0.326 e. The highest BCUT2D eigenvalue weighted by atomic mass is 32.2. The Kier molecular flexibility index (Phi) is 4.08. The van der Waals surface area contributed by atoms with Gasteiger partial charge in [0.1, 0.15) is 0 Å². The van der Waals surface area contributed by atoms with Crippen molar-refractivity contribution in [3.05, 3.63) is 29.8 Å². The van der Waals surface area contributed by atoms with Gasteiger partial charge in [-0.3, -0.25) is 0 Å². The van der Waals surface area contributed by atoms with Crippen molar-refractivity contribution in [1.82, 2.24) is 4.31 Å². The molecule has 0 amide bonds. The van der Waals surface area contributed by atoms with Crippen molar-refractivity contribution in [2.24, 2.45) is 11.7 Å². The predicted octanol–water partition coefficient (Wildman–Crippen LogP) is 1.72. The van der Waals surface area contributed by atoms with Gasteiger partial charge < -0.3 is 5.73 Å². The molecule has 1 atom stereocenters. The maximum Gasteiger partial charge on any atom is 0.393 e. The van der Waals surface area contributed by atoms with Gasteiger partial charge in [0.25, 0.3) is 0 Å². The monoisotopic (exact) mass is 308 g/mol. The van der Waals surface area contributed by atoms with Gasteiger partial charge in [-0.2, -0.15) is 17.5 Å². The van der Waals surface area contributed by atoms with Crippen LogP contribution in [0.3, 0.4) is 0 Å². The smallest absolute Gasteiger partial charge is 0.326 e. The molecule has 1 aromatic rings. The Labute approximate surface area is 115 Å². The number of nitrogens with two attached hydrogens (primary N) is 1. The summed E-state index contributed by atoms with van der Waals surface area (Å²) in [6.45, 7) is -0.337. The maximum atomic E-state index is 12.6. The number of nitrogens with zero attached hydrogens (tertiary/aromatic N) is 1. The van der Waals surface area contributed by atoms with Crippen LogP contribution in [0, 0.1) is 5.92 Å². The Morgan fingerprint density at radius 1 is 1.25 bits per heavy atom. The van der Waals surface area contributed by atoms with Crippen LogP contribution in [0.2, 0.25) is 0 Å². The molecule has 112 valence electrons. The first-order valence-electron chi connectivity index (χ1n) is 6.11. The molecule has 2 N–H and O–H groups in total. The second-order valence-corrected chi connectivity index (χ2v) is 6.68. The summed E-state index contributed by atoms with van der Waals surface area (Å²) in [5.41, 5.74) is 6.17. The van der Waals surface area contributed by atoms with Gasteiger partial charge in [0.2, 0.25) is 10.0 Å². The summed E-state index contributed by atoms with van der Waals surface area (Å²) in [4.78, 5) is -0.00229. The highest BCUT2D eigenvalue weighted by Crippen LogP contribution is 2.35. The number of rotatable bonds is 3. The van der Waals surface area contributed by atoms with Gasteiger partial charge in [0.05, 0.1) is 10.8 Å². The SMILES string of the molecule is NCc1ccc(S(=O)(=O)N2CCC(C(F)(F)F)C2)cc1. The molecule has 1 aliphatic heterocycles. The highest BCUT2D eigenvalue weighted by Gasteiger charge is 2.46. The van der Waals surface area contributed by atoms with Crippen molar-refractivity contribution >= 4 is 10.0 Å². The topological polar surface area (TPSA) is 63.4 Å². The first-order valence-corrected chi connectivity index (χ1v) is 7.55. The van der Waals surface area contributed by atoms with Crippen LogP contribution in [-0.2, 0) is 16.6 Å². The molecule has 1 aromatic carbocycles. The van der Waals surface area contributed by atoms with Crippen LogP contribution in [0.4, 0.5) is 13.2 Å². The first-order chi connectivity index (χ1) is 9.25. The molecule has 1 unspecified atom stereocenters. The zero-order valence-electron chi connectivity index (χ0n) is 10.6. The summed E-state index contributed by atoms with van der Waals surface area (Å²) in [5, 5.41) is 0. The van der Waals surface area contributed by atoms with Gasteiger partial charge in [0.15, 0.2) is 0 Å². The van der Waals surface area contributed by atoms with Crippen molar-refractivity contribution < 1.29 is 21.6 Å². The molecule has 1 aliphatic rings. The molecule has 1 saturated heterocycles. The van der Waals surface area contributed by atoms with Crippen molar-refractivity contribution in [2.75, 3.05) is 13.1 Å². The van der Waals surface area contributed by atoms with E-state index in [0.717, 1.165) is 9.87 Å². The van der Waals surface area contributed by atoms with Crippen LogP contribution in [-0.4, -0.2) is 32.0 Å². The summed E-state index contributed by atoms with van der Waals surface area (Å²) in [5.74, 6) is -1.58. The number of benzene rings is 1. The van der Waals surface area contributed by atoms with Crippen molar-refractivity contribution in [3.63, 3.8) is 0 Å². The van der Waals surface area contributed by atoms with E-state index in [1.165, 1.54) is 12.1 Å². The number of hydrogen-bond acceptors (Lipinski definition) is 3. The van der Waals surface area contributed by atoms with Gasteiger partial charge in [-0.25, -0.2) is 8.42 Å². The Bertz CT molecular complexity index is 569. The van der Waals surface area contributed by atoms with Crippen LogP contribution < -0.4 is 5.73 Å². The van der Waals surface area contributed by atoms with Crippen molar-refractivity contribution in [2.45, 2.75) is 24.0 Å². The number of sulfonamides is 1. The molecule has 0 bridgehead atoms. The van der Waals surface area contributed by atoms with Crippen LogP contribution in [0.25, 0.3) is 0 Å². The zero-order valence-corrected chi connectivity index (χ0v) is 11.4.